The van der Waals surface area contributed by atoms with Gasteiger partial charge in [0.15, 0.2) is 0 Å². The van der Waals surface area contributed by atoms with E-state index in [9.17, 15) is 4.79 Å². The molecule has 2 aliphatic heterocycles. The quantitative estimate of drug-likeness (QED) is 0.692. The van der Waals surface area contributed by atoms with Crippen molar-refractivity contribution in [2.45, 2.75) is 71.6 Å². The Morgan fingerprint density at radius 2 is 1.83 bits per heavy atom. The normalized spacial score (nSPS) is 30.2. The molecule has 3 fully saturated rings. The molecule has 23 heavy (non-hydrogen) atoms. The Morgan fingerprint density at radius 3 is 2.48 bits per heavy atom. The number of hydrogen-bond donors (Lipinski definition) is 0. The molecule has 1 saturated carbocycles. The standard InChI is InChI=1S/C20H36N2O/c1-3-17(4-2)13-21-12-8-11-20(15-21)16-22(19(20)23)14-18-9-6-5-7-10-18/h17-18H,3-16H2,1-2H3. The summed E-state index contributed by atoms with van der Waals surface area (Å²) in [5.41, 5.74) is -0.00104. The highest BCUT2D eigenvalue weighted by atomic mass is 16.2. The highest BCUT2D eigenvalue weighted by Crippen LogP contribution is 2.41. The first-order chi connectivity index (χ1) is 11.2. The molecule has 0 N–H and O–H groups in total. The average Bonchev–Trinajstić information content (AvgIpc) is 2.60. The number of amides is 1. The van der Waals surface area contributed by atoms with Crippen LogP contribution in [-0.4, -0.2) is 48.4 Å². The number of likely N-dealkylation sites (tertiary alicyclic amines) is 2. The lowest BCUT2D eigenvalue weighted by atomic mass is 9.71. The van der Waals surface area contributed by atoms with Crippen LogP contribution in [0.1, 0.15) is 71.6 Å². The summed E-state index contributed by atoms with van der Waals surface area (Å²) in [6.07, 6.45) is 11.7. The molecule has 0 radical (unpaired) electrons. The number of piperidine rings is 1. The van der Waals surface area contributed by atoms with Gasteiger partial charge in [0, 0.05) is 26.2 Å². The fraction of sp³-hybridized carbons (Fsp3) is 0.950. The van der Waals surface area contributed by atoms with Crippen molar-refractivity contribution in [3.05, 3.63) is 0 Å². The first-order valence-corrected chi connectivity index (χ1v) is 10.2. The number of nitrogens with zero attached hydrogens (tertiary/aromatic N) is 2. The molecule has 3 nitrogen and oxygen atoms in total. The monoisotopic (exact) mass is 320 g/mol. The Hall–Kier alpha value is -0.570. The van der Waals surface area contributed by atoms with Crippen LogP contribution >= 0.6 is 0 Å². The van der Waals surface area contributed by atoms with E-state index in [2.05, 4.69) is 23.6 Å². The average molecular weight is 321 g/mol. The van der Waals surface area contributed by atoms with E-state index in [0.717, 1.165) is 37.9 Å². The van der Waals surface area contributed by atoms with Crippen LogP contribution in [0.5, 0.6) is 0 Å². The summed E-state index contributed by atoms with van der Waals surface area (Å²) in [5.74, 6) is 2.07. The highest BCUT2D eigenvalue weighted by molar-refractivity contribution is 5.89. The smallest absolute Gasteiger partial charge is 0.231 e. The zero-order chi connectivity index (χ0) is 16.3. The van der Waals surface area contributed by atoms with Gasteiger partial charge in [-0.3, -0.25) is 4.79 Å². The minimum absolute atomic E-state index is 0.00104. The molecule has 1 amide bonds. The Labute approximate surface area is 142 Å². The predicted octanol–water partition coefficient (Wildman–Crippen LogP) is 3.93. The third kappa shape index (κ3) is 3.75. The lowest BCUT2D eigenvalue weighted by Crippen LogP contribution is -2.67. The molecule has 0 aromatic rings. The molecule has 1 spiro atoms. The van der Waals surface area contributed by atoms with Crippen LogP contribution in [0.2, 0.25) is 0 Å². The molecule has 3 aliphatic rings. The molecule has 1 unspecified atom stereocenters. The molecular formula is C20H36N2O. The zero-order valence-corrected chi connectivity index (χ0v) is 15.4. The molecule has 132 valence electrons. The Bertz CT molecular complexity index is 400. The molecule has 1 atom stereocenters. The van der Waals surface area contributed by atoms with Gasteiger partial charge < -0.3 is 9.80 Å². The van der Waals surface area contributed by atoms with E-state index in [-0.39, 0.29) is 5.41 Å². The minimum Gasteiger partial charge on any atom is -0.341 e. The van der Waals surface area contributed by atoms with Gasteiger partial charge in [0.25, 0.3) is 0 Å². The van der Waals surface area contributed by atoms with E-state index in [1.165, 1.54) is 64.5 Å². The van der Waals surface area contributed by atoms with Gasteiger partial charge in [-0.15, -0.1) is 0 Å². The summed E-state index contributed by atoms with van der Waals surface area (Å²) in [7, 11) is 0. The lowest BCUT2D eigenvalue weighted by Gasteiger charge is -2.54. The molecule has 2 saturated heterocycles. The van der Waals surface area contributed by atoms with Crippen LogP contribution < -0.4 is 0 Å². The largest absolute Gasteiger partial charge is 0.341 e. The van der Waals surface area contributed by atoms with Crippen LogP contribution in [-0.2, 0) is 4.79 Å². The summed E-state index contributed by atoms with van der Waals surface area (Å²) >= 11 is 0. The van der Waals surface area contributed by atoms with E-state index in [1.807, 2.05) is 0 Å². The van der Waals surface area contributed by atoms with E-state index in [4.69, 9.17) is 0 Å². The Kier molecular flexibility index (Phi) is 5.66. The van der Waals surface area contributed by atoms with Crippen LogP contribution in [0.25, 0.3) is 0 Å². The van der Waals surface area contributed by atoms with Gasteiger partial charge in [-0.05, 0) is 44.1 Å². The lowest BCUT2D eigenvalue weighted by molar-refractivity contribution is -0.167. The highest BCUT2D eigenvalue weighted by Gasteiger charge is 2.53. The maximum absolute atomic E-state index is 12.9. The Balaban J connectivity index is 1.51. The van der Waals surface area contributed by atoms with Crippen molar-refractivity contribution in [3.8, 4) is 0 Å². The van der Waals surface area contributed by atoms with Crippen molar-refractivity contribution < 1.29 is 4.79 Å². The first kappa shape index (κ1) is 17.3. The predicted molar refractivity (Wildman–Crippen MR) is 95.3 cm³/mol. The molecule has 1 aliphatic carbocycles. The zero-order valence-electron chi connectivity index (χ0n) is 15.4. The van der Waals surface area contributed by atoms with Gasteiger partial charge in [0.05, 0.1) is 5.41 Å². The van der Waals surface area contributed by atoms with Crippen LogP contribution in [0.15, 0.2) is 0 Å². The van der Waals surface area contributed by atoms with Crippen LogP contribution in [0.3, 0.4) is 0 Å². The minimum atomic E-state index is -0.00104. The fourth-order valence-electron chi connectivity index (χ4n) is 5.18. The van der Waals surface area contributed by atoms with Crippen LogP contribution in [0, 0.1) is 17.3 Å². The molecule has 2 heterocycles. The van der Waals surface area contributed by atoms with Crippen molar-refractivity contribution in [1.29, 1.82) is 0 Å². The van der Waals surface area contributed by atoms with Crippen molar-refractivity contribution in [1.82, 2.24) is 9.80 Å². The second-order valence-corrected chi connectivity index (χ2v) is 8.49. The third-order valence-electron chi connectivity index (χ3n) is 6.76. The van der Waals surface area contributed by atoms with Gasteiger partial charge >= 0.3 is 0 Å². The van der Waals surface area contributed by atoms with Crippen LogP contribution in [0.4, 0.5) is 0 Å². The first-order valence-electron chi connectivity index (χ1n) is 10.2. The van der Waals surface area contributed by atoms with E-state index in [0.29, 0.717) is 5.91 Å². The van der Waals surface area contributed by atoms with E-state index < -0.39 is 0 Å². The molecule has 0 bridgehead atoms. The topological polar surface area (TPSA) is 23.6 Å². The summed E-state index contributed by atoms with van der Waals surface area (Å²) < 4.78 is 0. The maximum atomic E-state index is 12.9. The molecule has 0 aromatic heterocycles. The molecule has 3 heteroatoms. The molecule has 3 rings (SSSR count). The van der Waals surface area contributed by atoms with Crippen molar-refractivity contribution >= 4 is 5.91 Å². The third-order valence-corrected chi connectivity index (χ3v) is 6.76. The summed E-state index contributed by atoms with van der Waals surface area (Å²) in [5, 5.41) is 0. The van der Waals surface area contributed by atoms with Gasteiger partial charge in [0.1, 0.15) is 0 Å². The van der Waals surface area contributed by atoms with Crippen molar-refractivity contribution in [3.63, 3.8) is 0 Å². The van der Waals surface area contributed by atoms with E-state index >= 15 is 0 Å². The second-order valence-electron chi connectivity index (χ2n) is 8.49. The van der Waals surface area contributed by atoms with Crippen molar-refractivity contribution in [2.24, 2.45) is 17.3 Å². The Morgan fingerprint density at radius 1 is 1.09 bits per heavy atom. The second kappa shape index (κ2) is 7.55. The molecular weight excluding hydrogens is 284 g/mol. The maximum Gasteiger partial charge on any atom is 0.231 e. The number of carbonyl (C=O) groups excluding carboxylic acids is 1. The number of rotatable bonds is 6. The van der Waals surface area contributed by atoms with Gasteiger partial charge in [-0.25, -0.2) is 0 Å². The number of carbonyl (C=O) groups is 1. The summed E-state index contributed by atoms with van der Waals surface area (Å²) in [4.78, 5) is 17.7. The summed E-state index contributed by atoms with van der Waals surface area (Å²) in [6, 6.07) is 0. The van der Waals surface area contributed by atoms with Gasteiger partial charge in [0.2, 0.25) is 5.91 Å². The number of β-lactam (4-membered cyclic amide) rings is 1. The summed E-state index contributed by atoms with van der Waals surface area (Å²) in [6.45, 7) is 10.1. The fourth-order valence-corrected chi connectivity index (χ4v) is 5.18. The SMILES string of the molecule is CCC(CC)CN1CCCC2(C1)CN(CC1CCCCC1)C2=O. The van der Waals surface area contributed by atoms with Crippen molar-refractivity contribution in [2.75, 3.05) is 32.7 Å². The number of hydrogen-bond acceptors (Lipinski definition) is 2. The molecule has 0 aromatic carbocycles. The van der Waals surface area contributed by atoms with Gasteiger partial charge in [-0.1, -0.05) is 46.0 Å². The van der Waals surface area contributed by atoms with E-state index in [1.54, 1.807) is 0 Å². The van der Waals surface area contributed by atoms with Gasteiger partial charge in [-0.2, -0.15) is 0 Å².